The molecule has 0 aromatic rings. The second-order valence-electron chi connectivity index (χ2n) is 4.50. The van der Waals surface area contributed by atoms with Crippen LogP contribution in [-0.4, -0.2) is 30.1 Å². The lowest BCUT2D eigenvalue weighted by atomic mass is 10.1. The van der Waals surface area contributed by atoms with Gasteiger partial charge in [-0.3, -0.25) is 4.90 Å². The first-order valence-electron chi connectivity index (χ1n) is 6.29. The summed E-state index contributed by atoms with van der Waals surface area (Å²) in [6.45, 7) is 6.63. The van der Waals surface area contributed by atoms with Gasteiger partial charge in [-0.1, -0.05) is 26.7 Å². The van der Waals surface area contributed by atoms with E-state index in [1.54, 1.807) is 0 Å². The molecule has 1 unspecified atom stereocenters. The van der Waals surface area contributed by atoms with Crippen molar-refractivity contribution in [2.24, 2.45) is 5.73 Å². The van der Waals surface area contributed by atoms with Crippen molar-refractivity contribution in [3.05, 3.63) is 0 Å². The van der Waals surface area contributed by atoms with Crippen molar-refractivity contribution in [3.63, 3.8) is 0 Å². The van der Waals surface area contributed by atoms with Gasteiger partial charge in [-0.15, -0.1) is 0 Å². The SMILES string of the molecule is CCCCN(C(CN)CCC)C1CC1. The summed E-state index contributed by atoms with van der Waals surface area (Å²) >= 11 is 0. The monoisotopic (exact) mass is 198 g/mol. The second kappa shape index (κ2) is 6.41. The van der Waals surface area contributed by atoms with Gasteiger partial charge in [0.15, 0.2) is 0 Å². The van der Waals surface area contributed by atoms with Crippen LogP contribution >= 0.6 is 0 Å². The normalized spacial score (nSPS) is 18.9. The molecule has 0 aromatic carbocycles. The molecule has 1 rings (SSSR count). The predicted molar refractivity (Wildman–Crippen MR) is 62.4 cm³/mol. The van der Waals surface area contributed by atoms with Gasteiger partial charge in [0.2, 0.25) is 0 Å². The molecule has 2 nitrogen and oxygen atoms in total. The average molecular weight is 198 g/mol. The maximum atomic E-state index is 5.86. The van der Waals surface area contributed by atoms with Gasteiger partial charge < -0.3 is 5.73 Å². The van der Waals surface area contributed by atoms with Gasteiger partial charge >= 0.3 is 0 Å². The highest BCUT2D eigenvalue weighted by atomic mass is 15.2. The van der Waals surface area contributed by atoms with E-state index in [1.165, 1.54) is 45.1 Å². The van der Waals surface area contributed by atoms with Crippen molar-refractivity contribution in [1.82, 2.24) is 4.90 Å². The Morgan fingerprint density at radius 3 is 2.43 bits per heavy atom. The van der Waals surface area contributed by atoms with Gasteiger partial charge in [-0.25, -0.2) is 0 Å². The van der Waals surface area contributed by atoms with Crippen LogP contribution in [0.5, 0.6) is 0 Å². The smallest absolute Gasteiger partial charge is 0.0221 e. The lowest BCUT2D eigenvalue weighted by molar-refractivity contribution is 0.177. The molecular formula is C12H26N2. The van der Waals surface area contributed by atoms with Gasteiger partial charge in [0, 0.05) is 18.6 Å². The Balaban J connectivity index is 2.37. The summed E-state index contributed by atoms with van der Waals surface area (Å²) in [5, 5.41) is 0. The van der Waals surface area contributed by atoms with Crippen LogP contribution in [0.2, 0.25) is 0 Å². The topological polar surface area (TPSA) is 29.3 Å². The van der Waals surface area contributed by atoms with Crippen LogP contribution in [0.15, 0.2) is 0 Å². The zero-order chi connectivity index (χ0) is 10.4. The van der Waals surface area contributed by atoms with Crippen LogP contribution < -0.4 is 5.73 Å². The fourth-order valence-electron chi connectivity index (χ4n) is 2.16. The number of hydrogen-bond donors (Lipinski definition) is 1. The highest BCUT2D eigenvalue weighted by Crippen LogP contribution is 2.29. The van der Waals surface area contributed by atoms with Crippen molar-refractivity contribution < 1.29 is 0 Å². The van der Waals surface area contributed by atoms with Gasteiger partial charge in [-0.05, 0) is 32.2 Å². The molecule has 14 heavy (non-hydrogen) atoms. The molecule has 0 amide bonds. The zero-order valence-corrected chi connectivity index (χ0v) is 9.84. The van der Waals surface area contributed by atoms with E-state index < -0.39 is 0 Å². The average Bonchev–Trinajstić information content (AvgIpc) is 3.00. The van der Waals surface area contributed by atoms with Crippen molar-refractivity contribution in [2.75, 3.05) is 13.1 Å². The van der Waals surface area contributed by atoms with E-state index in [-0.39, 0.29) is 0 Å². The Labute approximate surface area is 88.8 Å². The van der Waals surface area contributed by atoms with Crippen LogP contribution in [0.4, 0.5) is 0 Å². The zero-order valence-electron chi connectivity index (χ0n) is 9.84. The molecule has 1 fully saturated rings. The third-order valence-electron chi connectivity index (χ3n) is 3.15. The first-order chi connectivity index (χ1) is 6.83. The molecule has 1 aliphatic carbocycles. The fraction of sp³-hybridized carbons (Fsp3) is 1.00. The Morgan fingerprint density at radius 2 is 2.00 bits per heavy atom. The molecule has 1 saturated carbocycles. The van der Waals surface area contributed by atoms with Crippen LogP contribution in [0.25, 0.3) is 0 Å². The summed E-state index contributed by atoms with van der Waals surface area (Å²) in [6, 6.07) is 1.53. The Hall–Kier alpha value is -0.0800. The van der Waals surface area contributed by atoms with E-state index >= 15 is 0 Å². The Morgan fingerprint density at radius 1 is 1.29 bits per heavy atom. The molecule has 0 radical (unpaired) electrons. The van der Waals surface area contributed by atoms with E-state index in [2.05, 4.69) is 18.7 Å². The molecule has 0 spiro atoms. The van der Waals surface area contributed by atoms with E-state index in [0.29, 0.717) is 6.04 Å². The lowest BCUT2D eigenvalue weighted by Gasteiger charge is -2.30. The lowest BCUT2D eigenvalue weighted by Crippen LogP contribution is -2.42. The van der Waals surface area contributed by atoms with Crippen LogP contribution in [0, 0.1) is 0 Å². The molecular weight excluding hydrogens is 172 g/mol. The van der Waals surface area contributed by atoms with E-state index in [4.69, 9.17) is 5.73 Å². The van der Waals surface area contributed by atoms with Gasteiger partial charge in [-0.2, -0.15) is 0 Å². The molecule has 0 aromatic heterocycles. The number of nitrogens with two attached hydrogens (primary N) is 1. The van der Waals surface area contributed by atoms with Crippen molar-refractivity contribution in [3.8, 4) is 0 Å². The molecule has 1 atom stereocenters. The minimum Gasteiger partial charge on any atom is -0.329 e. The number of unbranched alkanes of at least 4 members (excludes halogenated alkanes) is 1. The van der Waals surface area contributed by atoms with Gasteiger partial charge in [0.1, 0.15) is 0 Å². The highest BCUT2D eigenvalue weighted by Gasteiger charge is 2.32. The summed E-state index contributed by atoms with van der Waals surface area (Å²) in [5.74, 6) is 0. The fourth-order valence-corrected chi connectivity index (χ4v) is 2.16. The molecule has 2 heteroatoms. The second-order valence-corrected chi connectivity index (χ2v) is 4.50. The molecule has 0 saturated heterocycles. The first-order valence-corrected chi connectivity index (χ1v) is 6.29. The third kappa shape index (κ3) is 3.58. The summed E-state index contributed by atoms with van der Waals surface area (Å²) in [7, 11) is 0. The third-order valence-corrected chi connectivity index (χ3v) is 3.15. The summed E-state index contributed by atoms with van der Waals surface area (Å²) in [4.78, 5) is 2.67. The van der Waals surface area contributed by atoms with E-state index in [1.807, 2.05) is 0 Å². The Kier molecular flexibility index (Phi) is 5.49. The van der Waals surface area contributed by atoms with Crippen LogP contribution in [0.1, 0.15) is 52.4 Å². The maximum Gasteiger partial charge on any atom is 0.0221 e. The van der Waals surface area contributed by atoms with Crippen LogP contribution in [-0.2, 0) is 0 Å². The Bertz CT molecular complexity index is 143. The number of rotatable bonds is 8. The standard InChI is InChI=1S/C12H26N2/c1-3-5-9-14(11-7-8-11)12(10-13)6-4-2/h11-12H,3-10,13H2,1-2H3. The maximum absolute atomic E-state index is 5.86. The first kappa shape index (κ1) is 12.0. The molecule has 0 heterocycles. The van der Waals surface area contributed by atoms with E-state index in [9.17, 15) is 0 Å². The summed E-state index contributed by atoms with van der Waals surface area (Å²) in [6.07, 6.45) is 7.98. The molecule has 0 bridgehead atoms. The molecule has 84 valence electrons. The van der Waals surface area contributed by atoms with Crippen molar-refractivity contribution in [2.45, 2.75) is 64.5 Å². The predicted octanol–water partition coefficient (Wildman–Crippen LogP) is 2.38. The van der Waals surface area contributed by atoms with Crippen molar-refractivity contribution >= 4 is 0 Å². The largest absolute Gasteiger partial charge is 0.329 e. The minimum atomic E-state index is 0.652. The molecule has 0 aliphatic heterocycles. The van der Waals surface area contributed by atoms with Crippen molar-refractivity contribution in [1.29, 1.82) is 0 Å². The molecule has 1 aliphatic rings. The minimum absolute atomic E-state index is 0.652. The van der Waals surface area contributed by atoms with Crippen LogP contribution in [0.3, 0.4) is 0 Å². The molecule has 2 N–H and O–H groups in total. The van der Waals surface area contributed by atoms with E-state index in [0.717, 1.165) is 12.6 Å². The number of nitrogens with zero attached hydrogens (tertiary/aromatic N) is 1. The number of hydrogen-bond acceptors (Lipinski definition) is 2. The summed E-state index contributed by atoms with van der Waals surface area (Å²) < 4.78 is 0. The summed E-state index contributed by atoms with van der Waals surface area (Å²) in [5.41, 5.74) is 5.86. The quantitative estimate of drug-likeness (QED) is 0.649. The highest BCUT2D eigenvalue weighted by molar-refractivity contribution is 4.88. The van der Waals surface area contributed by atoms with Gasteiger partial charge in [0.25, 0.3) is 0 Å². The van der Waals surface area contributed by atoms with Gasteiger partial charge in [0.05, 0.1) is 0 Å².